The minimum absolute atomic E-state index is 0.230. The van der Waals surface area contributed by atoms with Gasteiger partial charge in [0.1, 0.15) is 5.82 Å². The second-order valence-electron chi connectivity index (χ2n) is 5.90. The van der Waals surface area contributed by atoms with Crippen LogP contribution in [0.15, 0.2) is 23.8 Å². The van der Waals surface area contributed by atoms with Gasteiger partial charge in [-0.3, -0.25) is 0 Å². The summed E-state index contributed by atoms with van der Waals surface area (Å²) in [6, 6.07) is 4.93. The van der Waals surface area contributed by atoms with Gasteiger partial charge in [0.25, 0.3) is 0 Å². The van der Waals surface area contributed by atoms with Crippen molar-refractivity contribution in [3.8, 4) is 0 Å². The van der Waals surface area contributed by atoms with Gasteiger partial charge < -0.3 is 5.32 Å². The molecule has 0 heterocycles. The molecule has 0 saturated heterocycles. The van der Waals surface area contributed by atoms with Gasteiger partial charge >= 0.3 is 0 Å². The number of hydrogen-bond acceptors (Lipinski definition) is 1. The summed E-state index contributed by atoms with van der Waals surface area (Å²) in [6.45, 7) is 4.03. The van der Waals surface area contributed by atoms with Crippen molar-refractivity contribution in [2.45, 2.75) is 45.4 Å². The van der Waals surface area contributed by atoms with Gasteiger partial charge in [-0.05, 0) is 43.9 Å². The molecular weight excluding hydrogens is 285 g/mol. The fraction of sp³-hybridized carbons (Fsp3) is 0.556. The molecule has 1 fully saturated rings. The number of hydrogen-bond donors (Lipinski definition) is 1. The zero-order valence-electron chi connectivity index (χ0n) is 12.8. The predicted molar refractivity (Wildman–Crippen MR) is 89.1 cm³/mol. The molecule has 0 amide bonds. The quantitative estimate of drug-likeness (QED) is 0.690. The van der Waals surface area contributed by atoms with Crippen LogP contribution in [0.5, 0.6) is 0 Å². The van der Waals surface area contributed by atoms with Gasteiger partial charge in [0.2, 0.25) is 0 Å². The van der Waals surface area contributed by atoms with Gasteiger partial charge in [-0.2, -0.15) is 0 Å². The summed E-state index contributed by atoms with van der Waals surface area (Å²) in [4.78, 5) is 0. The van der Waals surface area contributed by atoms with E-state index in [-0.39, 0.29) is 5.82 Å². The van der Waals surface area contributed by atoms with Crippen LogP contribution in [0.25, 0.3) is 6.08 Å². The molecule has 1 aliphatic carbocycles. The lowest BCUT2D eigenvalue weighted by Crippen LogP contribution is -2.23. The molecule has 0 aromatic heterocycles. The highest BCUT2D eigenvalue weighted by atomic mass is 35.5. The average Bonchev–Trinajstić information content (AvgIpc) is 2.49. The Morgan fingerprint density at radius 1 is 1.33 bits per heavy atom. The summed E-state index contributed by atoms with van der Waals surface area (Å²) >= 11 is 5.83. The first kappa shape index (κ1) is 16.5. The Morgan fingerprint density at radius 2 is 2.10 bits per heavy atom. The summed E-state index contributed by atoms with van der Waals surface area (Å²) in [5, 5.41) is 3.92. The Labute approximate surface area is 132 Å². The van der Waals surface area contributed by atoms with E-state index < -0.39 is 0 Å². The second-order valence-corrected chi connectivity index (χ2v) is 6.33. The third kappa shape index (κ3) is 5.12. The van der Waals surface area contributed by atoms with Gasteiger partial charge in [-0.1, -0.05) is 55.5 Å². The molecule has 0 radical (unpaired) electrons. The van der Waals surface area contributed by atoms with Crippen molar-refractivity contribution in [3.63, 3.8) is 0 Å². The van der Waals surface area contributed by atoms with E-state index in [0.717, 1.165) is 19.5 Å². The van der Waals surface area contributed by atoms with E-state index in [9.17, 15) is 4.39 Å². The van der Waals surface area contributed by atoms with Crippen LogP contribution in [0.4, 0.5) is 4.39 Å². The van der Waals surface area contributed by atoms with Crippen LogP contribution in [0, 0.1) is 11.7 Å². The lowest BCUT2D eigenvalue weighted by Gasteiger charge is -2.25. The summed E-state index contributed by atoms with van der Waals surface area (Å²) < 4.78 is 14.0. The average molecular weight is 310 g/mol. The summed E-state index contributed by atoms with van der Waals surface area (Å²) in [7, 11) is 0. The van der Waals surface area contributed by atoms with E-state index in [1.807, 2.05) is 6.08 Å². The smallest absolute Gasteiger partial charge is 0.131 e. The normalized spacial score (nSPS) is 17.2. The Hall–Kier alpha value is -0.860. The van der Waals surface area contributed by atoms with Crippen LogP contribution in [0.3, 0.4) is 0 Å². The molecule has 1 aromatic rings. The molecule has 1 saturated carbocycles. The van der Waals surface area contributed by atoms with Crippen molar-refractivity contribution in [3.05, 3.63) is 40.2 Å². The Kier molecular flexibility index (Phi) is 6.72. The van der Waals surface area contributed by atoms with Crippen molar-refractivity contribution < 1.29 is 4.39 Å². The summed E-state index contributed by atoms with van der Waals surface area (Å²) in [5.41, 5.74) is 1.99. The van der Waals surface area contributed by atoms with Crippen LogP contribution in [-0.2, 0) is 0 Å². The molecule has 0 aliphatic heterocycles. The number of rotatable bonds is 6. The largest absolute Gasteiger partial charge is 0.313 e. The standard InChI is InChI=1S/C18H25ClFN/c1-2-10-21-13-16(14-6-4-3-5-7-14)11-15-8-9-17(19)12-18(15)20/h8-9,11-12,14,21H,2-7,10,13H2,1H3/b16-11-. The van der Waals surface area contributed by atoms with Gasteiger partial charge in [0, 0.05) is 17.1 Å². The molecule has 1 aromatic carbocycles. The van der Waals surface area contributed by atoms with E-state index in [0.29, 0.717) is 16.5 Å². The number of nitrogens with one attached hydrogen (secondary N) is 1. The van der Waals surface area contributed by atoms with Gasteiger partial charge in [0.05, 0.1) is 0 Å². The second kappa shape index (κ2) is 8.55. The highest BCUT2D eigenvalue weighted by Crippen LogP contribution is 2.31. The maximum atomic E-state index is 14.0. The zero-order chi connectivity index (χ0) is 15.1. The molecule has 2 rings (SSSR count). The first-order valence-corrected chi connectivity index (χ1v) is 8.44. The molecule has 0 bridgehead atoms. The zero-order valence-corrected chi connectivity index (χ0v) is 13.6. The van der Waals surface area contributed by atoms with Gasteiger partial charge in [0.15, 0.2) is 0 Å². The van der Waals surface area contributed by atoms with Crippen LogP contribution in [0.1, 0.15) is 51.0 Å². The fourth-order valence-electron chi connectivity index (χ4n) is 3.01. The van der Waals surface area contributed by atoms with Crippen LogP contribution >= 0.6 is 11.6 Å². The predicted octanol–water partition coefficient (Wildman–Crippen LogP) is 5.44. The minimum Gasteiger partial charge on any atom is -0.313 e. The third-order valence-electron chi connectivity index (χ3n) is 4.19. The molecule has 1 aliphatic rings. The molecule has 116 valence electrons. The highest BCUT2D eigenvalue weighted by molar-refractivity contribution is 6.30. The lowest BCUT2D eigenvalue weighted by atomic mass is 9.83. The van der Waals surface area contributed by atoms with Crippen molar-refractivity contribution in [2.75, 3.05) is 13.1 Å². The molecule has 1 nitrogen and oxygen atoms in total. The van der Waals surface area contributed by atoms with E-state index in [4.69, 9.17) is 11.6 Å². The minimum atomic E-state index is -0.230. The first-order chi connectivity index (χ1) is 10.2. The summed E-state index contributed by atoms with van der Waals surface area (Å²) in [6.07, 6.45) is 9.53. The molecule has 0 unspecified atom stereocenters. The van der Waals surface area contributed by atoms with Crippen molar-refractivity contribution in [1.29, 1.82) is 0 Å². The SMILES string of the molecule is CCCNC/C(=C/c1ccc(Cl)cc1F)C1CCCCC1. The molecule has 0 spiro atoms. The van der Waals surface area contributed by atoms with Gasteiger partial charge in [-0.25, -0.2) is 4.39 Å². The molecule has 21 heavy (non-hydrogen) atoms. The van der Waals surface area contributed by atoms with Crippen molar-refractivity contribution in [1.82, 2.24) is 5.32 Å². The van der Waals surface area contributed by atoms with E-state index in [1.165, 1.54) is 43.7 Å². The van der Waals surface area contributed by atoms with Crippen LogP contribution < -0.4 is 5.32 Å². The molecule has 0 atom stereocenters. The van der Waals surface area contributed by atoms with E-state index >= 15 is 0 Å². The molecular formula is C18H25ClFN. The number of halogens is 2. The monoisotopic (exact) mass is 309 g/mol. The van der Waals surface area contributed by atoms with Crippen LogP contribution in [-0.4, -0.2) is 13.1 Å². The topological polar surface area (TPSA) is 12.0 Å². The van der Waals surface area contributed by atoms with Gasteiger partial charge in [-0.15, -0.1) is 0 Å². The maximum absolute atomic E-state index is 14.0. The van der Waals surface area contributed by atoms with Crippen molar-refractivity contribution in [2.24, 2.45) is 5.92 Å². The number of benzene rings is 1. The fourth-order valence-corrected chi connectivity index (χ4v) is 3.17. The summed E-state index contributed by atoms with van der Waals surface area (Å²) in [5.74, 6) is 0.365. The van der Waals surface area contributed by atoms with Crippen LogP contribution in [0.2, 0.25) is 5.02 Å². The Bertz CT molecular complexity index is 478. The molecule has 1 N–H and O–H groups in total. The molecule has 3 heteroatoms. The highest BCUT2D eigenvalue weighted by Gasteiger charge is 2.18. The van der Waals surface area contributed by atoms with Crippen molar-refractivity contribution >= 4 is 17.7 Å². The Morgan fingerprint density at radius 3 is 2.76 bits per heavy atom. The Balaban J connectivity index is 2.17. The van der Waals surface area contributed by atoms with E-state index in [1.54, 1.807) is 12.1 Å². The first-order valence-electron chi connectivity index (χ1n) is 8.07. The van der Waals surface area contributed by atoms with E-state index in [2.05, 4.69) is 12.2 Å². The lowest BCUT2D eigenvalue weighted by molar-refractivity contribution is 0.396. The maximum Gasteiger partial charge on any atom is 0.131 e. The third-order valence-corrected chi connectivity index (χ3v) is 4.42.